The molecule has 2 aromatic rings. The van der Waals surface area contributed by atoms with E-state index in [1.54, 1.807) is 24.3 Å². The van der Waals surface area contributed by atoms with E-state index in [1.165, 1.54) is 18.2 Å². The fourth-order valence-corrected chi connectivity index (χ4v) is 2.48. The van der Waals surface area contributed by atoms with Gasteiger partial charge in [0.15, 0.2) is 0 Å². The molecule has 88 valence electrons. The normalized spacial score (nSPS) is 12.5. The van der Waals surface area contributed by atoms with Gasteiger partial charge in [-0.25, -0.2) is 8.78 Å². The predicted octanol–water partition coefficient (Wildman–Crippen LogP) is 5.06. The second-order valence-electron chi connectivity index (χ2n) is 3.56. The largest absolute Gasteiger partial charge is 0.207 e. The highest BCUT2D eigenvalue weighted by Gasteiger charge is 2.15. The zero-order valence-corrected chi connectivity index (χ0v) is 11.0. The maximum Gasteiger partial charge on any atom is 0.137 e. The van der Waals surface area contributed by atoms with Crippen LogP contribution in [-0.4, -0.2) is 0 Å². The van der Waals surface area contributed by atoms with Gasteiger partial charge in [0.2, 0.25) is 0 Å². The summed E-state index contributed by atoms with van der Waals surface area (Å²) in [7, 11) is 0. The molecule has 2 rings (SSSR count). The van der Waals surface area contributed by atoms with Crippen LogP contribution in [0.15, 0.2) is 46.9 Å². The van der Waals surface area contributed by atoms with Crippen molar-refractivity contribution in [3.63, 3.8) is 0 Å². The van der Waals surface area contributed by atoms with Gasteiger partial charge in [-0.05, 0) is 45.3 Å². The lowest BCUT2D eigenvalue weighted by Gasteiger charge is -2.12. The Labute approximate surface area is 111 Å². The van der Waals surface area contributed by atoms with Crippen LogP contribution in [0.1, 0.15) is 16.5 Å². The molecule has 0 aliphatic rings. The molecule has 0 aliphatic carbocycles. The summed E-state index contributed by atoms with van der Waals surface area (Å²) in [4.78, 5) is 0. The fraction of sp³-hybridized carbons (Fsp3) is 0.0769. The second kappa shape index (κ2) is 5.15. The van der Waals surface area contributed by atoms with Crippen LogP contribution in [-0.2, 0) is 0 Å². The first-order chi connectivity index (χ1) is 8.09. The molecule has 0 saturated carbocycles. The molecule has 0 saturated heterocycles. The fourth-order valence-electron chi connectivity index (χ4n) is 1.53. The van der Waals surface area contributed by atoms with Gasteiger partial charge in [-0.2, -0.15) is 0 Å². The first kappa shape index (κ1) is 12.5. The smallest absolute Gasteiger partial charge is 0.137 e. The molecule has 1 unspecified atom stereocenters. The van der Waals surface area contributed by atoms with E-state index in [1.807, 2.05) is 0 Å². The zero-order chi connectivity index (χ0) is 12.4. The first-order valence-corrected chi connectivity index (χ1v) is 6.16. The Hall–Kier alpha value is -0.930. The standard InChI is InChI=1S/C13H8BrClF2/c14-12-10(2-1-3-11(12)17)13(15)8-4-6-9(16)7-5-8/h1-7,13H. The van der Waals surface area contributed by atoms with Gasteiger partial charge in [0.1, 0.15) is 11.6 Å². The van der Waals surface area contributed by atoms with Crippen LogP contribution < -0.4 is 0 Å². The third kappa shape index (κ3) is 2.67. The lowest BCUT2D eigenvalue weighted by atomic mass is 10.0. The minimum Gasteiger partial charge on any atom is -0.207 e. The summed E-state index contributed by atoms with van der Waals surface area (Å²) in [6, 6.07) is 10.5. The van der Waals surface area contributed by atoms with Gasteiger partial charge in [-0.1, -0.05) is 24.3 Å². The van der Waals surface area contributed by atoms with Crippen molar-refractivity contribution in [2.45, 2.75) is 5.38 Å². The second-order valence-corrected chi connectivity index (χ2v) is 4.79. The highest BCUT2D eigenvalue weighted by Crippen LogP contribution is 2.34. The van der Waals surface area contributed by atoms with Crippen molar-refractivity contribution in [2.24, 2.45) is 0 Å². The summed E-state index contributed by atoms with van der Waals surface area (Å²) in [5.74, 6) is -0.689. The molecule has 0 aliphatic heterocycles. The van der Waals surface area contributed by atoms with E-state index in [9.17, 15) is 8.78 Å². The highest BCUT2D eigenvalue weighted by molar-refractivity contribution is 9.10. The quantitative estimate of drug-likeness (QED) is 0.680. The maximum atomic E-state index is 13.4. The summed E-state index contributed by atoms with van der Waals surface area (Å²) >= 11 is 9.40. The summed E-state index contributed by atoms with van der Waals surface area (Å²) < 4.78 is 26.5. The number of hydrogen-bond acceptors (Lipinski definition) is 0. The van der Waals surface area contributed by atoms with Gasteiger partial charge in [0.05, 0.1) is 9.85 Å². The molecule has 0 radical (unpaired) electrons. The van der Waals surface area contributed by atoms with Crippen molar-refractivity contribution in [2.75, 3.05) is 0 Å². The average molecular weight is 318 g/mol. The molecule has 0 nitrogen and oxygen atoms in total. The number of halogens is 4. The number of benzene rings is 2. The molecule has 0 fully saturated rings. The van der Waals surface area contributed by atoms with Crippen LogP contribution in [0.5, 0.6) is 0 Å². The number of rotatable bonds is 2. The molecule has 0 bridgehead atoms. The summed E-state index contributed by atoms with van der Waals surface area (Å²) in [6.45, 7) is 0. The van der Waals surface area contributed by atoms with Crippen LogP contribution in [0.2, 0.25) is 0 Å². The molecule has 4 heteroatoms. The van der Waals surface area contributed by atoms with Crippen molar-refractivity contribution < 1.29 is 8.78 Å². The van der Waals surface area contributed by atoms with Crippen LogP contribution in [0.3, 0.4) is 0 Å². The molecule has 17 heavy (non-hydrogen) atoms. The van der Waals surface area contributed by atoms with Crippen LogP contribution >= 0.6 is 27.5 Å². The van der Waals surface area contributed by atoms with Gasteiger partial charge in [0.25, 0.3) is 0 Å². The van der Waals surface area contributed by atoms with E-state index in [4.69, 9.17) is 11.6 Å². The van der Waals surface area contributed by atoms with Crippen LogP contribution in [0.25, 0.3) is 0 Å². The van der Waals surface area contributed by atoms with Crippen molar-refractivity contribution >= 4 is 27.5 Å². The Balaban J connectivity index is 2.40. The van der Waals surface area contributed by atoms with Gasteiger partial charge >= 0.3 is 0 Å². The molecule has 1 atom stereocenters. The van der Waals surface area contributed by atoms with Crippen LogP contribution in [0, 0.1) is 11.6 Å². The molecule has 0 amide bonds. The topological polar surface area (TPSA) is 0 Å². The molecule has 0 heterocycles. The average Bonchev–Trinajstić information content (AvgIpc) is 2.33. The van der Waals surface area contributed by atoms with E-state index in [-0.39, 0.29) is 11.6 Å². The minimum absolute atomic E-state index is 0.323. The highest BCUT2D eigenvalue weighted by atomic mass is 79.9. The van der Waals surface area contributed by atoms with Gasteiger partial charge in [-0.15, -0.1) is 11.6 Å². The van der Waals surface area contributed by atoms with Crippen LogP contribution in [0.4, 0.5) is 8.78 Å². The number of hydrogen-bond donors (Lipinski definition) is 0. The summed E-state index contributed by atoms with van der Waals surface area (Å²) in [6.07, 6.45) is 0. The van der Waals surface area contributed by atoms with Crippen molar-refractivity contribution in [1.82, 2.24) is 0 Å². The molecule has 0 spiro atoms. The summed E-state index contributed by atoms with van der Waals surface area (Å²) in [5, 5.41) is -0.513. The lowest BCUT2D eigenvalue weighted by Crippen LogP contribution is -1.96. The Morgan fingerprint density at radius 2 is 1.65 bits per heavy atom. The first-order valence-electron chi connectivity index (χ1n) is 4.93. The maximum absolute atomic E-state index is 13.4. The third-order valence-corrected chi connectivity index (χ3v) is 3.74. The van der Waals surface area contributed by atoms with E-state index in [2.05, 4.69) is 15.9 Å². The van der Waals surface area contributed by atoms with Crippen molar-refractivity contribution in [1.29, 1.82) is 0 Å². The molecule has 0 aromatic heterocycles. The minimum atomic E-state index is -0.513. The van der Waals surface area contributed by atoms with Gasteiger partial charge in [0, 0.05) is 0 Å². The third-order valence-electron chi connectivity index (χ3n) is 2.42. The predicted molar refractivity (Wildman–Crippen MR) is 68.2 cm³/mol. The van der Waals surface area contributed by atoms with Gasteiger partial charge < -0.3 is 0 Å². The molecule has 2 aromatic carbocycles. The Bertz CT molecular complexity index is 525. The Morgan fingerprint density at radius 1 is 1.00 bits per heavy atom. The monoisotopic (exact) mass is 316 g/mol. The van der Waals surface area contributed by atoms with Crippen molar-refractivity contribution in [3.8, 4) is 0 Å². The van der Waals surface area contributed by atoms with E-state index >= 15 is 0 Å². The van der Waals surface area contributed by atoms with E-state index < -0.39 is 5.38 Å². The summed E-state index contributed by atoms with van der Waals surface area (Å²) in [5.41, 5.74) is 1.35. The Morgan fingerprint density at radius 3 is 2.29 bits per heavy atom. The van der Waals surface area contributed by atoms with E-state index in [0.29, 0.717) is 10.0 Å². The molecule has 0 N–H and O–H groups in total. The lowest BCUT2D eigenvalue weighted by molar-refractivity contribution is 0.618. The van der Waals surface area contributed by atoms with Crippen molar-refractivity contribution in [3.05, 3.63) is 69.7 Å². The molecular weight excluding hydrogens is 309 g/mol. The van der Waals surface area contributed by atoms with E-state index in [0.717, 1.165) is 5.56 Å². The van der Waals surface area contributed by atoms with Gasteiger partial charge in [-0.3, -0.25) is 0 Å². The SMILES string of the molecule is Fc1ccc(C(Cl)c2cccc(F)c2Br)cc1. The molecular formula is C13H8BrClF2. The zero-order valence-electron chi connectivity index (χ0n) is 8.63. The Kier molecular flexibility index (Phi) is 3.79. The number of alkyl halides is 1.